The zero-order valence-electron chi connectivity index (χ0n) is 8.10. The Bertz CT molecular complexity index is 182. The molecule has 0 aromatic rings. The van der Waals surface area contributed by atoms with Crippen molar-refractivity contribution in [3.63, 3.8) is 0 Å². The Balaban J connectivity index is 2.35. The second kappa shape index (κ2) is 5.18. The molecule has 1 rings (SSSR count). The summed E-state index contributed by atoms with van der Waals surface area (Å²) >= 11 is 0. The van der Waals surface area contributed by atoms with Crippen molar-refractivity contribution in [1.29, 1.82) is 5.26 Å². The quantitative estimate of drug-likeness (QED) is 0.596. The van der Waals surface area contributed by atoms with E-state index in [1.54, 1.807) is 7.11 Å². The Labute approximate surface area is 79.3 Å². The maximum atomic E-state index is 9.05. The normalized spacial score (nSPS) is 28.3. The molecule has 0 aromatic heterocycles. The van der Waals surface area contributed by atoms with E-state index in [0.717, 1.165) is 32.5 Å². The second-order valence-corrected chi connectivity index (χ2v) is 3.39. The van der Waals surface area contributed by atoms with E-state index in [1.807, 2.05) is 0 Å². The SMILES string of the molecule is COCCNC1(C#N)CCCNC1. The highest BCUT2D eigenvalue weighted by molar-refractivity contribution is 5.10. The van der Waals surface area contributed by atoms with Crippen LogP contribution >= 0.6 is 0 Å². The average Bonchev–Trinajstić information content (AvgIpc) is 2.20. The van der Waals surface area contributed by atoms with Gasteiger partial charge < -0.3 is 10.1 Å². The zero-order valence-corrected chi connectivity index (χ0v) is 8.10. The molecule has 2 N–H and O–H groups in total. The lowest BCUT2D eigenvalue weighted by Crippen LogP contribution is -2.55. The van der Waals surface area contributed by atoms with E-state index in [4.69, 9.17) is 10.00 Å². The van der Waals surface area contributed by atoms with Crippen LogP contribution in [0.2, 0.25) is 0 Å². The number of hydrogen-bond donors (Lipinski definition) is 2. The smallest absolute Gasteiger partial charge is 0.119 e. The van der Waals surface area contributed by atoms with Crippen molar-refractivity contribution in [2.24, 2.45) is 0 Å². The number of hydrogen-bond acceptors (Lipinski definition) is 4. The van der Waals surface area contributed by atoms with E-state index in [1.165, 1.54) is 0 Å². The Morgan fingerprint density at radius 2 is 2.54 bits per heavy atom. The summed E-state index contributed by atoms with van der Waals surface area (Å²) in [5.41, 5.74) is -0.364. The van der Waals surface area contributed by atoms with Gasteiger partial charge >= 0.3 is 0 Å². The van der Waals surface area contributed by atoms with Crippen molar-refractivity contribution in [2.45, 2.75) is 18.4 Å². The summed E-state index contributed by atoms with van der Waals surface area (Å²) in [5.74, 6) is 0. The number of ether oxygens (including phenoxy) is 1. The molecule has 1 saturated heterocycles. The van der Waals surface area contributed by atoms with Crippen LogP contribution in [-0.2, 0) is 4.74 Å². The van der Waals surface area contributed by atoms with Gasteiger partial charge in [-0.2, -0.15) is 5.26 Å². The lowest BCUT2D eigenvalue weighted by molar-refractivity contribution is 0.185. The molecule has 0 aliphatic carbocycles. The fraction of sp³-hybridized carbons (Fsp3) is 0.889. The molecule has 1 fully saturated rings. The first-order chi connectivity index (χ1) is 6.33. The first-order valence-corrected chi connectivity index (χ1v) is 4.69. The molecule has 4 nitrogen and oxygen atoms in total. The summed E-state index contributed by atoms with van der Waals surface area (Å²) in [6.45, 7) is 3.16. The van der Waals surface area contributed by atoms with E-state index >= 15 is 0 Å². The minimum atomic E-state index is -0.364. The third-order valence-corrected chi connectivity index (χ3v) is 2.37. The Hall–Kier alpha value is -0.630. The molecule has 4 heteroatoms. The van der Waals surface area contributed by atoms with Crippen molar-refractivity contribution < 1.29 is 4.74 Å². The molecule has 13 heavy (non-hydrogen) atoms. The van der Waals surface area contributed by atoms with Gasteiger partial charge in [0.05, 0.1) is 12.7 Å². The molecule has 0 radical (unpaired) electrons. The second-order valence-electron chi connectivity index (χ2n) is 3.39. The number of methoxy groups -OCH3 is 1. The van der Waals surface area contributed by atoms with Crippen LogP contribution in [0.1, 0.15) is 12.8 Å². The number of piperidine rings is 1. The van der Waals surface area contributed by atoms with Crippen molar-refractivity contribution in [3.05, 3.63) is 0 Å². The number of nitriles is 1. The van der Waals surface area contributed by atoms with Crippen LogP contribution in [0.15, 0.2) is 0 Å². The van der Waals surface area contributed by atoms with Crippen molar-refractivity contribution in [2.75, 3.05) is 33.4 Å². The highest BCUT2D eigenvalue weighted by Crippen LogP contribution is 2.14. The number of rotatable bonds is 4. The van der Waals surface area contributed by atoms with Crippen molar-refractivity contribution in [3.8, 4) is 6.07 Å². The minimum Gasteiger partial charge on any atom is -0.383 e. The fourth-order valence-corrected chi connectivity index (χ4v) is 1.58. The average molecular weight is 183 g/mol. The maximum absolute atomic E-state index is 9.05. The molecule has 1 aliphatic heterocycles. The summed E-state index contributed by atoms with van der Waals surface area (Å²) in [7, 11) is 1.67. The standard InChI is InChI=1S/C9H17N3O/c1-13-6-5-12-9(7-10)3-2-4-11-8-9/h11-12H,2-6,8H2,1H3. The van der Waals surface area contributed by atoms with Gasteiger partial charge in [-0.1, -0.05) is 0 Å². The van der Waals surface area contributed by atoms with Gasteiger partial charge in [0.1, 0.15) is 5.54 Å². The Kier molecular flexibility index (Phi) is 4.16. The zero-order chi connectivity index (χ0) is 9.57. The summed E-state index contributed by atoms with van der Waals surface area (Å²) in [6, 6.07) is 2.35. The van der Waals surface area contributed by atoms with E-state index in [0.29, 0.717) is 6.61 Å². The lowest BCUT2D eigenvalue weighted by atomic mass is 9.92. The lowest BCUT2D eigenvalue weighted by Gasteiger charge is -2.32. The van der Waals surface area contributed by atoms with Gasteiger partial charge in [-0.25, -0.2) is 0 Å². The van der Waals surface area contributed by atoms with Crippen molar-refractivity contribution >= 4 is 0 Å². The number of nitrogens with one attached hydrogen (secondary N) is 2. The summed E-state index contributed by atoms with van der Waals surface area (Å²) in [6.07, 6.45) is 1.99. The molecule has 1 aliphatic rings. The van der Waals surface area contributed by atoms with Crippen LogP contribution in [-0.4, -0.2) is 38.9 Å². The van der Waals surface area contributed by atoms with E-state index in [9.17, 15) is 0 Å². The fourth-order valence-electron chi connectivity index (χ4n) is 1.58. The number of nitrogens with zero attached hydrogens (tertiary/aromatic N) is 1. The third kappa shape index (κ3) is 2.96. The first kappa shape index (κ1) is 10.5. The summed E-state index contributed by atoms with van der Waals surface area (Å²) in [4.78, 5) is 0. The van der Waals surface area contributed by atoms with Gasteiger partial charge in [-0.3, -0.25) is 5.32 Å². The summed E-state index contributed by atoms with van der Waals surface area (Å²) in [5, 5.41) is 15.5. The molecule has 1 heterocycles. The molecule has 1 atom stereocenters. The monoisotopic (exact) mass is 183 g/mol. The first-order valence-electron chi connectivity index (χ1n) is 4.69. The van der Waals surface area contributed by atoms with Gasteiger partial charge in [0.25, 0.3) is 0 Å². The van der Waals surface area contributed by atoms with E-state index in [-0.39, 0.29) is 5.54 Å². The van der Waals surface area contributed by atoms with Gasteiger partial charge in [0, 0.05) is 20.2 Å². The molecule has 74 valence electrons. The maximum Gasteiger partial charge on any atom is 0.119 e. The van der Waals surface area contributed by atoms with Crippen LogP contribution < -0.4 is 10.6 Å². The topological polar surface area (TPSA) is 57.1 Å². The Morgan fingerprint density at radius 3 is 3.08 bits per heavy atom. The molecule has 0 amide bonds. The minimum absolute atomic E-state index is 0.364. The van der Waals surface area contributed by atoms with Crippen LogP contribution in [0.3, 0.4) is 0 Å². The molecule has 0 bridgehead atoms. The predicted molar refractivity (Wildman–Crippen MR) is 50.3 cm³/mol. The molecular weight excluding hydrogens is 166 g/mol. The molecular formula is C9H17N3O. The van der Waals surface area contributed by atoms with Gasteiger partial charge in [0.2, 0.25) is 0 Å². The Morgan fingerprint density at radius 1 is 1.69 bits per heavy atom. The largest absolute Gasteiger partial charge is 0.383 e. The molecule has 0 saturated carbocycles. The van der Waals surface area contributed by atoms with Crippen molar-refractivity contribution in [1.82, 2.24) is 10.6 Å². The van der Waals surface area contributed by atoms with Crippen LogP contribution in [0.4, 0.5) is 0 Å². The molecule has 0 aromatic carbocycles. The van der Waals surface area contributed by atoms with Gasteiger partial charge in [-0.15, -0.1) is 0 Å². The van der Waals surface area contributed by atoms with Crippen LogP contribution in [0.25, 0.3) is 0 Å². The summed E-state index contributed by atoms with van der Waals surface area (Å²) < 4.78 is 4.93. The van der Waals surface area contributed by atoms with E-state index in [2.05, 4.69) is 16.7 Å². The van der Waals surface area contributed by atoms with Gasteiger partial charge in [0.15, 0.2) is 0 Å². The van der Waals surface area contributed by atoms with Crippen LogP contribution in [0.5, 0.6) is 0 Å². The third-order valence-electron chi connectivity index (χ3n) is 2.37. The molecule has 0 spiro atoms. The van der Waals surface area contributed by atoms with E-state index < -0.39 is 0 Å². The predicted octanol–water partition coefficient (Wildman–Crippen LogP) is -0.132. The van der Waals surface area contributed by atoms with Gasteiger partial charge in [-0.05, 0) is 19.4 Å². The highest BCUT2D eigenvalue weighted by atomic mass is 16.5. The highest BCUT2D eigenvalue weighted by Gasteiger charge is 2.30. The van der Waals surface area contributed by atoms with Crippen LogP contribution in [0, 0.1) is 11.3 Å². The molecule has 1 unspecified atom stereocenters.